The van der Waals surface area contributed by atoms with E-state index < -0.39 is 0 Å². The number of thioether (sulfide) groups is 1. The van der Waals surface area contributed by atoms with E-state index in [2.05, 4.69) is 51.5 Å². The molecule has 0 bridgehead atoms. The van der Waals surface area contributed by atoms with Crippen molar-refractivity contribution in [1.29, 1.82) is 0 Å². The summed E-state index contributed by atoms with van der Waals surface area (Å²) in [5.74, 6) is 0.244. The van der Waals surface area contributed by atoms with Crippen molar-refractivity contribution in [3.05, 3.63) is 52.7 Å². The molecule has 3 rings (SSSR count). The van der Waals surface area contributed by atoms with E-state index in [-0.39, 0.29) is 17.7 Å². The number of carbonyl (C=O) groups excluding carboxylic acids is 1. The van der Waals surface area contributed by atoms with Gasteiger partial charge in [0.05, 0.1) is 22.3 Å². The topological polar surface area (TPSA) is 70.7 Å². The number of nitrogens with zero attached hydrogens (tertiary/aromatic N) is 2. The first kappa shape index (κ1) is 17.8. The molecule has 3 aromatic rings. The highest BCUT2D eigenvalue weighted by Crippen LogP contribution is 2.21. The van der Waals surface area contributed by atoms with E-state index in [1.165, 1.54) is 17.3 Å². The summed E-state index contributed by atoms with van der Waals surface area (Å²) in [6.45, 7) is 4.11. The van der Waals surface area contributed by atoms with Crippen LogP contribution in [0.5, 0.6) is 0 Å². The number of hydrogen-bond donors (Lipinski definition) is 2. The zero-order valence-electron chi connectivity index (χ0n) is 14.0. The quantitative estimate of drug-likeness (QED) is 0.636. The van der Waals surface area contributed by atoms with Crippen LogP contribution >= 0.6 is 23.4 Å². The van der Waals surface area contributed by atoms with Crippen molar-refractivity contribution in [2.45, 2.75) is 31.5 Å². The summed E-state index contributed by atoms with van der Waals surface area (Å²) in [5.41, 5.74) is 3.74. The molecule has 2 heterocycles. The monoisotopic (exact) mass is 374 g/mol. The van der Waals surface area contributed by atoms with Gasteiger partial charge in [-0.15, -0.1) is 0 Å². The molecule has 0 unspecified atom stereocenters. The molecule has 0 saturated carbocycles. The van der Waals surface area contributed by atoms with Gasteiger partial charge in [-0.2, -0.15) is 0 Å². The van der Waals surface area contributed by atoms with Gasteiger partial charge in [0, 0.05) is 6.20 Å². The molecule has 5 nitrogen and oxygen atoms in total. The Morgan fingerprint density at radius 3 is 2.84 bits per heavy atom. The fourth-order valence-corrected chi connectivity index (χ4v) is 3.31. The average Bonchev–Trinajstić information content (AvgIpc) is 3.02. The molecule has 0 radical (unpaired) electrons. The van der Waals surface area contributed by atoms with Gasteiger partial charge >= 0.3 is 0 Å². The summed E-state index contributed by atoms with van der Waals surface area (Å²) in [5, 5.41) is 4.21. The third-order valence-electron chi connectivity index (χ3n) is 3.89. The van der Waals surface area contributed by atoms with Crippen LogP contribution in [-0.2, 0) is 11.2 Å². The van der Waals surface area contributed by atoms with Crippen LogP contribution in [0.15, 0.2) is 41.7 Å². The molecule has 0 aliphatic carbocycles. The van der Waals surface area contributed by atoms with Gasteiger partial charge in [0.15, 0.2) is 10.8 Å². The number of halogens is 1. The minimum Gasteiger partial charge on any atom is -0.349 e. The van der Waals surface area contributed by atoms with Crippen LogP contribution in [0.1, 0.15) is 31.0 Å². The van der Waals surface area contributed by atoms with Gasteiger partial charge in [-0.3, -0.25) is 4.79 Å². The summed E-state index contributed by atoms with van der Waals surface area (Å²) in [6, 6.07) is 10.0. The van der Waals surface area contributed by atoms with E-state index >= 15 is 0 Å². The molecule has 1 atom stereocenters. The molecule has 0 fully saturated rings. The molecule has 1 aromatic carbocycles. The number of amides is 1. The maximum atomic E-state index is 12.2. The number of aromatic amines is 1. The number of nitrogens with one attached hydrogen (secondary N) is 2. The highest BCUT2D eigenvalue weighted by atomic mass is 35.5. The third-order valence-corrected chi connectivity index (χ3v) is 4.97. The normalized spacial score (nSPS) is 12.3. The van der Waals surface area contributed by atoms with Crippen LogP contribution < -0.4 is 5.32 Å². The number of imidazole rings is 1. The molecular weight excluding hydrogens is 356 g/mol. The van der Waals surface area contributed by atoms with E-state index in [1.807, 2.05) is 6.92 Å². The van der Waals surface area contributed by atoms with Crippen molar-refractivity contribution in [2.24, 2.45) is 0 Å². The van der Waals surface area contributed by atoms with Crippen LogP contribution in [0, 0.1) is 0 Å². The number of fused-ring (bicyclic) bond motifs is 1. The minimum absolute atomic E-state index is 0.0323. The molecule has 7 heteroatoms. The summed E-state index contributed by atoms with van der Waals surface area (Å²) >= 11 is 7.25. The number of H-pyrrole nitrogens is 1. The van der Waals surface area contributed by atoms with E-state index in [4.69, 9.17) is 11.6 Å². The van der Waals surface area contributed by atoms with Gasteiger partial charge in [-0.1, -0.05) is 54.6 Å². The van der Waals surface area contributed by atoms with Crippen LogP contribution in [0.4, 0.5) is 0 Å². The van der Waals surface area contributed by atoms with E-state index in [9.17, 15) is 4.79 Å². The van der Waals surface area contributed by atoms with Crippen LogP contribution in [-0.4, -0.2) is 26.6 Å². The molecule has 2 N–H and O–H groups in total. The van der Waals surface area contributed by atoms with Crippen molar-refractivity contribution in [3.8, 4) is 0 Å². The summed E-state index contributed by atoms with van der Waals surface area (Å²) < 4.78 is 0. The van der Waals surface area contributed by atoms with Crippen molar-refractivity contribution >= 4 is 40.4 Å². The molecule has 0 spiro atoms. The molecule has 130 valence electrons. The minimum atomic E-state index is -0.0384. The Labute approximate surface area is 155 Å². The largest absolute Gasteiger partial charge is 0.349 e. The van der Waals surface area contributed by atoms with Crippen molar-refractivity contribution in [3.63, 3.8) is 0 Å². The Kier molecular flexibility index (Phi) is 5.60. The Hall–Kier alpha value is -2.05. The van der Waals surface area contributed by atoms with Gasteiger partial charge in [0.2, 0.25) is 5.91 Å². The number of aromatic nitrogens is 3. The van der Waals surface area contributed by atoms with Gasteiger partial charge in [0.25, 0.3) is 0 Å². The fraction of sp³-hybridized carbons (Fsp3) is 0.278. The highest BCUT2D eigenvalue weighted by molar-refractivity contribution is 7.99. The van der Waals surface area contributed by atoms with Gasteiger partial charge in [0.1, 0.15) is 0 Å². The number of hydrogen-bond acceptors (Lipinski definition) is 4. The maximum absolute atomic E-state index is 12.2. The van der Waals surface area contributed by atoms with Crippen LogP contribution in [0.25, 0.3) is 11.2 Å². The fourth-order valence-electron chi connectivity index (χ4n) is 2.46. The van der Waals surface area contributed by atoms with E-state index in [1.54, 1.807) is 12.3 Å². The smallest absolute Gasteiger partial charge is 0.230 e. The Morgan fingerprint density at radius 1 is 1.36 bits per heavy atom. The molecule has 0 aliphatic heterocycles. The third kappa shape index (κ3) is 4.52. The lowest BCUT2D eigenvalue weighted by Gasteiger charge is -2.14. The van der Waals surface area contributed by atoms with E-state index in [0.717, 1.165) is 17.5 Å². The van der Waals surface area contributed by atoms with E-state index in [0.29, 0.717) is 15.8 Å². The number of aryl methyl sites for hydroxylation is 1. The Bertz CT molecular complexity index is 878. The second kappa shape index (κ2) is 7.89. The second-order valence-corrected chi connectivity index (χ2v) is 7.14. The number of rotatable bonds is 6. The predicted molar refractivity (Wildman–Crippen MR) is 102 cm³/mol. The Balaban J connectivity index is 1.55. The van der Waals surface area contributed by atoms with Crippen LogP contribution in [0.3, 0.4) is 0 Å². The number of benzene rings is 1. The van der Waals surface area contributed by atoms with Crippen LogP contribution in [0.2, 0.25) is 5.02 Å². The molecular formula is C18H19ClN4OS. The predicted octanol–water partition coefficient (Wildman–Crippen LogP) is 4.14. The first-order valence-electron chi connectivity index (χ1n) is 8.07. The lowest BCUT2D eigenvalue weighted by atomic mass is 10.1. The number of pyridine rings is 1. The maximum Gasteiger partial charge on any atom is 0.230 e. The molecule has 0 aliphatic rings. The zero-order chi connectivity index (χ0) is 17.8. The first-order chi connectivity index (χ1) is 12.0. The zero-order valence-corrected chi connectivity index (χ0v) is 15.6. The molecule has 25 heavy (non-hydrogen) atoms. The highest BCUT2D eigenvalue weighted by Gasteiger charge is 2.12. The lowest BCUT2D eigenvalue weighted by Crippen LogP contribution is -2.28. The SMILES string of the molecule is CCc1ccc([C@@H](C)NC(=O)CSc2nc3ncc(Cl)cc3[nH]2)cc1. The first-order valence-corrected chi connectivity index (χ1v) is 9.43. The van der Waals surface area contributed by atoms with Gasteiger partial charge < -0.3 is 10.3 Å². The number of carbonyl (C=O) groups is 1. The Morgan fingerprint density at radius 2 is 2.12 bits per heavy atom. The molecule has 1 amide bonds. The van der Waals surface area contributed by atoms with Crippen molar-refractivity contribution in [2.75, 3.05) is 5.75 Å². The summed E-state index contributed by atoms with van der Waals surface area (Å²) in [4.78, 5) is 23.8. The second-order valence-electron chi connectivity index (χ2n) is 5.74. The van der Waals surface area contributed by atoms with Crippen molar-refractivity contribution < 1.29 is 4.79 Å². The van der Waals surface area contributed by atoms with Gasteiger partial charge in [-0.05, 0) is 30.5 Å². The molecule has 2 aromatic heterocycles. The van der Waals surface area contributed by atoms with Gasteiger partial charge in [-0.25, -0.2) is 9.97 Å². The average molecular weight is 375 g/mol. The summed E-state index contributed by atoms with van der Waals surface area (Å²) in [6.07, 6.45) is 2.56. The lowest BCUT2D eigenvalue weighted by molar-refractivity contribution is -0.119. The molecule has 0 saturated heterocycles. The standard InChI is InChI=1S/C18H19ClN4OS/c1-3-12-4-6-13(7-5-12)11(2)21-16(24)10-25-18-22-15-8-14(19)9-20-17(15)23-18/h4-9,11H,3,10H2,1-2H3,(H,21,24)(H,20,22,23)/t11-/m1/s1. The summed E-state index contributed by atoms with van der Waals surface area (Å²) in [7, 11) is 0. The van der Waals surface area contributed by atoms with Crippen molar-refractivity contribution in [1.82, 2.24) is 20.3 Å².